The Labute approximate surface area is 472 Å². The molecule has 0 aliphatic heterocycles. The highest BCUT2D eigenvalue weighted by Crippen LogP contribution is 2.43. The van der Waals surface area contributed by atoms with E-state index in [0.29, 0.717) is 23.9 Å². The van der Waals surface area contributed by atoms with Crippen LogP contribution in [0.4, 0.5) is 0 Å². The van der Waals surface area contributed by atoms with Crippen molar-refractivity contribution in [1.29, 1.82) is 0 Å². The number of rotatable bonds is 62. The number of likely N-dealkylation sites (N-methyl/N-ethyl adjacent to an activating group) is 1. The fourth-order valence-corrected chi connectivity index (χ4v) is 10.6. The van der Waals surface area contributed by atoms with Gasteiger partial charge in [0.2, 0.25) is 0 Å². The number of hydrogen-bond acceptors (Lipinski definition) is 7. The molecule has 0 saturated heterocycles. The molecule has 0 radical (unpaired) electrons. The molecule has 0 rings (SSSR count). The predicted octanol–water partition coefficient (Wildman–Crippen LogP) is 20.9. The summed E-state index contributed by atoms with van der Waals surface area (Å²) in [5, 5.41) is 0. The molecule has 0 amide bonds. The lowest BCUT2D eigenvalue weighted by molar-refractivity contribution is -0.870. The number of unbranched alkanes of at least 4 members (excludes halogenated alkanes) is 44. The van der Waals surface area contributed by atoms with Crippen molar-refractivity contribution >= 4 is 19.8 Å². The number of nitrogens with zero attached hydrogens (tertiary/aromatic N) is 1. The zero-order valence-electron chi connectivity index (χ0n) is 51.3. The van der Waals surface area contributed by atoms with E-state index in [1.807, 2.05) is 21.1 Å². The van der Waals surface area contributed by atoms with Gasteiger partial charge in [0.15, 0.2) is 6.10 Å². The number of hydrogen-bond donors (Lipinski definition) is 1. The third-order valence-corrected chi connectivity index (χ3v) is 15.9. The van der Waals surface area contributed by atoms with Crippen molar-refractivity contribution < 1.29 is 42.1 Å². The van der Waals surface area contributed by atoms with Gasteiger partial charge in [0.1, 0.15) is 19.8 Å². The summed E-state index contributed by atoms with van der Waals surface area (Å²) in [6.07, 6.45) is 71.3. The van der Waals surface area contributed by atoms with E-state index in [4.69, 9.17) is 18.5 Å². The third kappa shape index (κ3) is 61.7. The molecular weight excluding hydrogens is 966 g/mol. The highest BCUT2D eigenvalue weighted by molar-refractivity contribution is 7.47. The van der Waals surface area contributed by atoms with Crippen LogP contribution in [0, 0.1) is 0 Å². The Hall–Kier alpha value is -1.51. The molecule has 0 aliphatic carbocycles. The molecule has 9 nitrogen and oxygen atoms in total. The number of phosphoric acid groups is 1. The normalized spacial score (nSPS) is 13.3. The first-order chi connectivity index (χ1) is 37.0. The minimum atomic E-state index is -4.39. The van der Waals surface area contributed by atoms with Gasteiger partial charge in [0, 0.05) is 12.8 Å². The number of ether oxygens (including phenoxy) is 2. The summed E-state index contributed by atoms with van der Waals surface area (Å²) in [5.41, 5.74) is 0. The minimum absolute atomic E-state index is 0.0346. The molecule has 1 N–H and O–H groups in total. The number of carbonyl (C=O) groups excluding carboxylic acids is 2. The predicted molar refractivity (Wildman–Crippen MR) is 326 cm³/mol. The first-order valence-corrected chi connectivity index (χ1v) is 34.6. The molecule has 0 heterocycles. The summed E-state index contributed by atoms with van der Waals surface area (Å²) < 4.78 is 34.7. The van der Waals surface area contributed by atoms with Crippen LogP contribution in [0.15, 0.2) is 24.3 Å². The van der Waals surface area contributed by atoms with Crippen LogP contribution in [-0.4, -0.2) is 74.9 Å². The number of carbonyl (C=O) groups is 2. The molecule has 0 aromatic heterocycles. The highest BCUT2D eigenvalue weighted by atomic mass is 31.2. The monoisotopic (exact) mass is 1090 g/mol. The average molecular weight is 1100 g/mol. The maximum atomic E-state index is 12.9. The summed E-state index contributed by atoms with van der Waals surface area (Å²) in [6.45, 7) is 4.50. The van der Waals surface area contributed by atoms with Crippen molar-refractivity contribution in [2.24, 2.45) is 0 Å². The summed E-state index contributed by atoms with van der Waals surface area (Å²) in [4.78, 5) is 35.8. The van der Waals surface area contributed by atoms with Gasteiger partial charge in [-0.3, -0.25) is 18.6 Å². The molecule has 0 aromatic carbocycles. The topological polar surface area (TPSA) is 108 Å². The van der Waals surface area contributed by atoms with Gasteiger partial charge in [-0.15, -0.1) is 0 Å². The van der Waals surface area contributed by atoms with Gasteiger partial charge >= 0.3 is 19.8 Å². The lowest BCUT2D eigenvalue weighted by Crippen LogP contribution is -2.37. The number of quaternary nitrogens is 1. The molecule has 0 aliphatic rings. The summed E-state index contributed by atoms with van der Waals surface area (Å²) in [7, 11) is 1.50. The van der Waals surface area contributed by atoms with Gasteiger partial charge in [0.05, 0.1) is 27.7 Å². The van der Waals surface area contributed by atoms with Crippen molar-refractivity contribution in [3.63, 3.8) is 0 Å². The van der Waals surface area contributed by atoms with E-state index in [0.717, 1.165) is 32.1 Å². The van der Waals surface area contributed by atoms with Gasteiger partial charge < -0.3 is 18.9 Å². The highest BCUT2D eigenvalue weighted by Gasteiger charge is 2.27. The molecule has 2 unspecified atom stereocenters. The number of allylic oxidation sites excluding steroid dienone is 4. The van der Waals surface area contributed by atoms with Crippen LogP contribution in [0.5, 0.6) is 0 Å². The summed E-state index contributed by atoms with van der Waals surface area (Å²) >= 11 is 0. The van der Waals surface area contributed by atoms with E-state index in [-0.39, 0.29) is 25.6 Å². The van der Waals surface area contributed by atoms with Gasteiger partial charge in [-0.1, -0.05) is 282 Å². The van der Waals surface area contributed by atoms with E-state index in [2.05, 4.69) is 38.2 Å². The van der Waals surface area contributed by atoms with E-state index in [9.17, 15) is 19.0 Å². The Kier molecular flexibility index (Phi) is 57.0. The lowest BCUT2D eigenvalue weighted by atomic mass is 10.0. The van der Waals surface area contributed by atoms with Crippen LogP contribution in [-0.2, 0) is 32.7 Å². The molecule has 450 valence electrons. The van der Waals surface area contributed by atoms with Crippen molar-refractivity contribution in [3.8, 4) is 0 Å². The zero-order chi connectivity index (χ0) is 55.6. The van der Waals surface area contributed by atoms with Crippen LogP contribution >= 0.6 is 7.82 Å². The number of phosphoric ester groups is 1. The van der Waals surface area contributed by atoms with Crippen LogP contribution in [0.1, 0.15) is 335 Å². The Bertz CT molecular complexity index is 1330. The van der Waals surface area contributed by atoms with E-state index in [1.165, 1.54) is 270 Å². The lowest BCUT2D eigenvalue weighted by Gasteiger charge is -2.24. The fraction of sp³-hybridized carbons (Fsp3) is 0.909. The van der Waals surface area contributed by atoms with E-state index < -0.39 is 26.5 Å². The maximum Gasteiger partial charge on any atom is 0.472 e. The van der Waals surface area contributed by atoms with E-state index in [1.54, 1.807) is 0 Å². The summed E-state index contributed by atoms with van der Waals surface area (Å²) in [6, 6.07) is 0. The standard InChI is InChI=1S/C66H128NO8P/c1-6-8-10-12-14-16-18-20-22-24-26-28-30-31-32-33-34-35-37-39-41-43-45-47-49-51-53-55-57-59-66(69)75-64(63-74-76(70,71)73-61-60-67(3,4)5)62-72-65(68)58-56-54-52-50-48-46-44-42-40-38-36-29-27-25-23-21-19-17-15-13-11-9-7-2/h24-27,64H,6-23,28-63H2,1-5H3/p+1/b26-24-,27-25-. The maximum absolute atomic E-state index is 12.9. The molecule has 0 saturated carbocycles. The smallest absolute Gasteiger partial charge is 0.462 e. The third-order valence-electron chi connectivity index (χ3n) is 15.0. The van der Waals surface area contributed by atoms with Gasteiger partial charge in [-0.25, -0.2) is 4.57 Å². The van der Waals surface area contributed by atoms with Crippen molar-refractivity contribution in [1.82, 2.24) is 0 Å². The first kappa shape index (κ1) is 74.5. The molecule has 0 spiro atoms. The van der Waals surface area contributed by atoms with E-state index >= 15 is 0 Å². The largest absolute Gasteiger partial charge is 0.472 e. The fourth-order valence-electron chi connectivity index (χ4n) is 9.83. The Morgan fingerprint density at radius 2 is 0.671 bits per heavy atom. The van der Waals surface area contributed by atoms with Crippen molar-refractivity contribution in [2.75, 3.05) is 47.5 Å². The Morgan fingerprint density at radius 3 is 0.974 bits per heavy atom. The number of esters is 2. The van der Waals surface area contributed by atoms with Gasteiger partial charge in [-0.2, -0.15) is 0 Å². The molecular formula is C66H129NO8P+. The second-order valence-electron chi connectivity index (χ2n) is 23.9. The Balaban J connectivity index is 4.04. The first-order valence-electron chi connectivity index (χ1n) is 33.1. The van der Waals surface area contributed by atoms with Gasteiger partial charge in [-0.05, 0) is 64.2 Å². The average Bonchev–Trinajstić information content (AvgIpc) is 3.38. The molecule has 0 aromatic rings. The van der Waals surface area contributed by atoms with Crippen molar-refractivity contribution in [3.05, 3.63) is 24.3 Å². The second kappa shape index (κ2) is 58.2. The SMILES string of the molecule is CCCCCCCCCC/C=C\CCCCCCCCCCCCCCCCCCCC(=O)OC(COC(=O)CCCCCCCCCCCCC/C=C\CCCCCCCCCC)COP(=O)(O)OCC[N+](C)(C)C. The second-order valence-corrected chi connectivity index (χ2v) is 25.3. The molecule has 76 heavy (non-hydrogen) atoms. The quantitative estimate of drug-likeness (QED) is 0.0211. The van der Waals surface area contributed by atoms with Crippen LogP contribution in [0.3, 0.4) is 0 Å². The van der Waals surface area contributed by atoms with Crippen molar-refractivity contribution in [2.45, 2.75) is 341 Å². The molecule has 0 bridgehead atoms. The summed E-state index contributed by atoms with van der Waals surface area (Å²) in [5.74, 6) is -0.779. The van der Waals surface area contributed by atoms with Gasteiger partial charge in [0.25, 0.3) is 0 Å². The molecule has 0 fully saturated rings. The Morgan fingerprint density at radius 1 is 0.395 bits per heavy atom. The van der Waals surface area contributed by atoms with Crippen LogP contribution < -0.4 is 0 Å². The molecule has 10 heteroatoms. The zero-order valence-corrected chi connectivity index (χ0v) is 52.2. The molecule has 2 atom stereocenters. The van der Waals surface area contributed by atoms with Crippen LogP contribution in [0.25, 0.3) is 0 Å². The minimum Gasteiger partial charge on any atom is -0.462 e. The van der Waals surface area contributed by atoms with Crippen LogP contribution in [0.2, 0.25) is 0 Å².